The summed E-state index contributed by atoms with van der Waals surface area (Å²) in [4.78, 5) is 37.1. The van der Waals surface area contributed by atoms with E-state index in [1.54, 1.807) is 24.3 Å². The highest BCUT2D eigenvalue weighted by molar-refractivity contribution is 6.16. The maximum absolute atomic E-state index is 12.9. The van der Waals surface area contributed by atoms with Crippen LogP contribution in [0.15, 0.2) is 36.4 Å². The fraction of sp³-hybridized carbons (Fsp3) is 0.250. The predicted octanol–water partition coefficient (Wildman–Crippen LogP) is 2.54. The number of carbonyl (C=O) groups excluding carboxylic acids is 3. The van der Waals surface area contributed by atoms with Gasteiger partial charge < -0.3 is 19.7 Å². The molecule has 0 saturated carbocycles. The molecular weight excluding hydrogens is 336 g/mol. The first-order valence-corrected chi connectivity index (χ1v) is 8.12. The maximum Gasteiger partial charge on any atom is 0.310 e. The van der Waals surface area contributed by atoms with E-state index in [1.807, 2.05) is 0 Å². The van der Waals surface area contributed by atoms with Crippen LogP contribution >= 0.6 is 0 Å². The standard InChI is InChI=1S/C20H18O6/c1-10(21)9-13(20(25)26-2)16-11-5-3-7-14(22)17(11)19(24)18-12(16)6-4-8-15(18)23/h3-8,13,16,22-23H,9H2,1-2H3/t13-/m1/s1. The van der Waals surface area contributed by atoms with Gasteiger partial charge in [-0.15, -0.1) is 0 Å². The normalized spacial score (nSPS) is 14.3. The number of aromatic hydroxyl groups is 2. The summed E-state index contributed by atoms with van der Waals surface area (Å²) in [7, 11) is 1.23. The van der Waals surface area contributed by atoms with Crippen molar-refractivity contribution in [2.75, 3.05) is 7.11 Å². The van der Waals surface area contributed by atoms with E-state index >= 15 is 0 Å². The van der Waals surface area contributed by atoms with E-state index in [4.69, 9.17) is 4.74 Å². The van der Waals surface area contributed by atoms with Crippen molar-refractivity contribution in [3.63, 3.8) is 0 Å². The van der Waals surface area contributed by atoms with Crippen molar-refractivity contribution in [1.82, 2.24) is 0 Å². The second kappa shape index (κ2) is 6.63. The molecular formula is C20H18O6. The summed E-state index contributed by atoms with van der Waals surface area (Å²) in [5.74, 6) is -3.38. The van der Waals surface area contributed by atoms with Gasteiger partial charge in [0.25, 0.3) is 0 Å². The maximum atomic E-state index is 12.9. The van der Waals surface area contributed by atoms with Gasteiger partial charge >= 0.3 is 5.97 Å². The minimum atomic E-state index is -0.883. The minimum absolute atomic E-state index is 0.0314. The predicted molar refractivity (Wildman–Crippen MR) is 92.3 cm³/mol. The molecule has 26 heavy (non-hydrogen) atoms. The molecule has 0 spiro atoms. The molecule has 6 nitrogen and oxygen atoms in total. The number of esters is 1. The topological polar surface area (TPSA) is 101 Å². The van der Waals surface area contributed by atoms with Gasteiger partial charge in [-0.1, -0.05) is 24.3 Å². The molecule has 1 aliphatic carbocycles. The number of hydrogen-bond acceptors (Lipinski definition) is 6. The van der Waals surface area contributed by atoms with Crippen molar-refractivity contribution < 1.29 is 29.3 Å². The van der Waals surface area contributed by atoms with Gasteiger partial charge in [0.15, 0.2) is 0 Å². The van der Waals surface area contributed by atoms with Crippen LogP contribution in [0.5, 0.6) is 11.5 Å². The lowest BCUT2D eigenvalue weighted by Crippen LogP contribution is -2.31. The molecule has 0 radical (unpaired) electrons. The highest BCUT2D eigenvalue weighted by atomic mass is 16.5. The number of methoxy groups -OCH3 is 1. The Kier molecular flexibility index (Phi) is 4.50. The van der Waals surface area contributed by atoms with Gasteiger partial charge in [0.2, 0.25) is 5.78 Å². The number of hydrogen-bond donors (Lipinski definition) is 2. The first-order valence-electron chi connectivity index (χ1n) is 8.12. The molecule has 0 fully saturated rings. The number of rotatable bonds is 4. The summed E-state index contributed by atoms with van der Waals surface area (Å²) in [5, 5.41) is 20.5. The van der Waals surface area contributed by atoms with Gasteiger partial charge in [0.05, 0.1) is 24.2 Å². The zero-order valence-electron chi connectivity index (χ0n) is 14.4. The molecule has 2 aromatic rings. The van der Waals surface area contributed by atoms with Crippen molar-refractivity contribution in [1.29, 1.82) is 0 Å². The Morgan fingerprint density at radius 3 is 1.96 bits per heavy atom. The molecule has 0 amide bonds. The zero-order valence-corrected chi connectivity index (χ0v) is 14.4. The van der Waals surface area contributed by atoms with Crippen molar-refractivity contribution in [2.45, 2.75) is 19.3 Å². The van der Waals surface area contributed by atoms with E-state index in [-0.39, 0.29) is 34.8 Å². The average Bonchev–Trinajstić information content (AvgIpc) is 2.59. The monoisotopic (exact) mass is 354 g/mol. The van der Waals surface area contributed by atoms with Crippen molar-refractivity contribution in [3.8, 4) is 11.5 Å². The lowest BCUT2D eigenvalue weighted by atomic mass is 9.70. The fourth-order valence-corrected chi connectivity index (χ4v) is 3.65. The number of ether oxygens (including phenoxy) is 1. The third-order valence-corrected chi connectivity index (χ3v) is 4.69. The molecule has 1 aliphatic rings. The Hall–Kier alpha value is -3.15. The van der Waals surface area contributed by atoms with Crippen LogP contribution in [-0.2, 0) is 14.3 Å². The van der Waals surface area contributed by atoms with E-state index in [0.717, 1.165) is 0 Å². The van der Waals surface area contributed by atoms with E-state index in [2.05, 4.69) is 0 Å². The third-order valence-electron chi connectivity index (χ3n) is 4.69. The largest absolute Gasteiger partial charge is 0.507 e. The number of fused-ring (bicyclic) bond motifs is 2. The average molecular weight is 354 g/mol. The van der Waals surface area contributed by atoms with Crippen LogP contribution in [0.2, 0.25) is 0 Å². The zero-order chi connectivity index (χ0) is 19.0. The molecule has 0 saturated heterocycles. The summed E-state index contributed by atoms with van der Waals surface area (Å²) < 4.78 is 4.88. The van der Waals surface area contributed by atoms with E-state index in [0.29, 0.717) is 11.1 Å². The summed E-state index contributed by atoms with van der Waals surface area (Å²) in [6.07, 6.45) is -0.0876. The number of phenols is 2. The number of Topliss-reactive ketones (excluding diaryl/α,β-unsaturated/α-hetero) is 1. The number of carbonyl (C=O) groups is 3. The number of phenolic OH excluding ortho intramolecular Hbond substituents is 2. The molecule has 0 heterocycles. The first-order chi connectivity index (χ1) is 12.4. The summed E-state index contributed by atoms with van der Waals surface area (Å²) in [5.41, 5.74) is 0.933. The molecule has 2 aromatic carbocycles. The quantitative estimate of drug-likeness (QED) is 0.818. The Labute approximate surface area is 150 Å². The van der Waals surface area contributed by atoms with E-state index < -0.39 is 23.6 Å². The molecule has 2 N–H and O–H groups in total. The summed E-state index contributed by atoms with van der Waals surface area (Å²) >= 11 is 0. The van der Waals surface area contributed by atoms with Gasteiger partial charge in [-0.25, -0.2) is 0 Å². The Morgan fingerprint density at radius 2 is 1.54 bits per heavy atom. The first kappa shape index (κ1) is 17.7. The van der Waals surface area contributed by atoms with Crippen molar-refractivity contribution in [2.24, 2.45) is 5.92 Å². The van der Waals surface area contributed by atoms with Gasteiger partial charge in [0, 0.05) is 12.3 Å². The molecule has 0 bridgehead atoms. The van der Waals surface area contributed by atoms with Crippen LogP contribution in [0.4, 0.5) is 0 Å². The SMILES string of the molecule is COC(=O)[C@H](CC(C)=O)C1c2cccc(O)c2C(=O)c2c(O)cccc21. The third kappa shape index (κ3) is 2.73. The van der Waals surface area contributed by atoms with Crippen molar-refractivity contribution >= 4 is 17.5 Å². The Balaban J connectivity index is 2.32. The van der Waals surface area contributed by atoms with Gasteiger partial charge in [0.1, 0.15) is 17.3 Å². The highest BCUT2D eigenvalue weighted by Gasteiger charge is 2.42. The van der Waals surface area contributed by atoms with Crippen molar-refractivity contribution in [3.05, 3.63) is 58.7 Å². The van der Waals surface area contributed by atoms with Crippen LogP contribution in [0, 0.1) is 5.92 Å². The van der Waals surface area contributed by atoms with Crippen LogP contribution in [0.1, 0.15) is 46.3 Å². The van der Waals surface area contributed by atoms with E-state index in [1.165, 1.54) is 26.2 Å². The molecule has 6 heteroatoms. The van der Waals surface area contributed by atoms with Crippen LogP contribution < -0.4 is 0 Å². The molecule has 0 aromatic heterocycles. The second-order valence-corrected chi connectivity index (χ2v) is 6.33. The highest BCUT2D eigenvalue weighted by Crippen LogP contribution is 2.47. The number of ketones is 2. The van der Waals surface area contributed by atoms with Gasteiger partial charge in [-0.05, 0) is 30.2 Å². The molecule has 3 rings (SSSR count). The second-order valence-electron chi connectivity index (χ2n) is 6.33. The molecule has 0 aliphatic heterocycles. The smallest absolute Gasteiger partial charge is 0.310 e. The fourth-order valence-electron chi connectivity index (χ4n) is 3.65. The molecule has 1 atom stereocenters. The lowest BCUT2D eigenvalue weighted by Gasteiger charge is -2.32. The lowest BCUT2D eigenvalue weighted by molar-refractivity contribution is -0.147. The minimum Gasteiger partial charge on any atom is -0.507 e. The molecule has 0 unspecified atom stereocenters. The van der Waals surface area contributed by atoms with Gasteiger partial charge in [-0.2, -0.15) is 0 Å². The Morgan fingerprint density at radius 1 is 1.04 bits per heavy atom. The van der Waals surface area contributed by atoms with Crippen LogP contribution in [-0.4, -0.2) is 34.9 Å². The summed E-state index contributed by atoms with van der Waals surface area (Å²) in [6, 6.07) is 9.17. The molecule has 134 valence electrons. The Bertz CT molecular complexity index is 859. The van der Waals surface area contributed by atoms with Crippen LogP contribution in [0.3, 0.4) is 0 Å². The number of benzene rings is 2. The van der Waals surface area contributed by atoms with Gasteiger partial charge in [-0.3, -0.25) is 9.59 Å². The summed E-state index contributed by atoms with van der Waals surface area (Å²) in [6.45, 7) is 1.37. The van der Waals surface area contributed by atoms with E-state index in [9.17, 15) is 24.6 Å². The van der Waals surface area contributed by atoms with Crippen LogP contribution in [0.25, 0.3) is 0 Å².